The molecule has 1 aliphatic heterocycles. The van der Waals surface area contributed by atoms with Crippen LogP contribution in [0.3, 0.4) is 0 Å². The molecule has 2 saturated carbocycles. The average Bonchev–Trinajstić information content (AvgIpc) is 3.04. The van der Waals surface area contributed by atoms with Crippen LogP contribution in [0.4, 0.5) is 11.4 Å². The van der Waals surface area contributed by atoms with E-state index in [0.29, 0.717) is 21.6 Å². The maximum Gasteiger partial charge on any atom is 0.271 e. The molecule has 1 aromatic carbocycles. The fourth-order valence-corrected chi connectivity index (χ4v) is 8.70. The zero-order valence-corrected chi connectivity index (χ0v) is 15.6. The van der Waals surface area contributed by atoms with Gasteiger partial charge in [0.05, 0.1) is 9.00 Å². The summed E-state index contributed by atoms with van der Waals surface area (Å²) in [6.45, 7) is 0. The van der Waals surface area contributed by atoms with E-state index >= 15 is 0 Å². The summed E-state index contributed by atoms with van der Waals surface area (Å²) in [5.41, 5.74) is 0.533. The van der Waals surface area contributed by atoms with Gasteiger partial charge in [-0.15, -0.1) is 23.5 Å². The van der Waals surface area contributed by atoms with E-state index in [1.165, 1.54) is 42.9 Å². The van der Waals surface area contributed by atoms with Crippen molar-refractivity contribution in [1.82, 2.24) is 0 Å². The number of nitro groups is 1. The standard InChI is InChI=1S/C18H22N2O3S2/c21-17(19-15-5-2-6-16(11-15)20(22)23)12-9-13-3-1-4-14(10-12)18(13)24-7-8-25-18/h2,5-6,11-14H,1,3-4,7-10H2,(H,19,21). The first-order chi connectivity index (χ1) is 12.1. The number of amides is 1. The lowest BCUT2D eigenvalue weighted by atomic mass is 9.67. The van der Waals surface area contributed by atoms with E-state index in [-0.39, 0.29) is 17.5 Å². The number of nitro benzene ring substituents is 1. The maximum atomic E-state index is 12.8. The number of nitrogens with one attached hydrogen (secondary N) is 1. The van der Waals surface area contributed by atoms with Gasteiger partial charge in [0.1, 0.15) is 0 Å². The Labute approximate surface area is 155 Å². The summed E-state index contributed by atoms with van der Waals surface area (Å²) in [6, 6.07) is 6.22. The van der Waals surface area contributed by atoms with Crippen molar-refractivity contribution in [2.24, 2.45) is 17.8 Å². The van der Waals surface area contributed by atoms with Gasteiger partial charge in [-0.05, 0) is 43.6 Å². The van der Waals surface area contributed by atoms with Gasteiger partial charge >= 0.3 is 0 Å². The molecule has 0 radical (unpaired) electrons. The molecule has 2 atom stereocenters. The van der Waals surface area contributed by atoms with Gasteiger partial charge in [-0.3, -0.25) is 14.9 Å². The van der Waals surface area contributed by atoms with E-state index in [4.69, 9.17) is 0 Å². The molecule has 1 aromatic rings. The summed E-state index contributed by atoms with van der Waals surface area (Å²) in [5.74, 6) is 3.78. The fraction of sp³-hybridized carbons (Fsp3) is 0.611. The number of hydrogen-bond acceptors (Lipinski definition) is 5. The average molecular weight is 379 g/mol. The van der Waals surface area contributed by atoms with Crippen molar-refractivity contribution in [3.63, 3.8) is 0 Å². The molecule has 134 valence electrons. The molecular weight excluding hydrogens is 356 g/mol. The molecule has 3 fully saturated rings. The topological polar surface area (TPSA) is 72.2 Å². The normalized spacial score (nSPS) is 30.2. The molecule has 5 nitrogen and oxygen atoms in total. The van der Waals surface area contributed by atoms with Gasteiger partial charge in [0.25, 0.3) is 5.69 Å². The predicted molar refractivity (Wildman–Crippen MR) is 103 cm³/mol. The molecule has 1 heterocycles. The minimum Gasteiger partial charge on any atom is -0.326 e. The first-order valence-corrected chi connectivity index (χ1v) is 10.9. The molecule has 25 heavy (non-hydrogen) atoms. The maximum absolute atomic E-state index is 12.8. The van der Waals surface area contributed by atoms with Crippen molar-refractivity contribution in [2.75, 3.05) is 16.8 Å². The predicted octanol–water partition coefficient (Wildman–Crippen LogP) is 4.54. The Morgan fingerprint density at radius 2 is 1.88 bits per heavy atom. The van der Waals surface area contributed by atoms with Crippen LogP contribution in [-0.4, -0.2) is 26.4 Å². The monoisotopic (exact) mass is 378 g/mol. The van der Waals surface area contributed by atoms with Crippen LogP contribution < -0.4 is 5.32 Å². The Morgan fingerprint density at radius 1 is 1.20 bits per heavy atom. The summed E-state index contributed by atoms with van der Waals surface area (Å²) in [7, 11) is 0. The van der Waals surface area contributed by atoms with Gasteiger partial charge < -0.3 is 5.32 Å². The highest BCUT2D eigenvalue weighted by Crippen LogP contribution is 2.64. The molecule has 2 bridgehead atoms. The van der Waals surface area contributed by atoms with Crippen LogP contribution in [0.5, 0.6) is 0 Å². The highest BCUT2D eigenvalue weighted by atomic mass is 32.2. The lowest BCUT2D eigenvalue weighted by Crippen LogP contribution is -2.48. The van der Waals surface area contributed by atoms with Crippen molar-refractivity contribution < 1.29 is 9.72 Å². The molecule has 3 aliphatic rings. The molecule has 0 aromatic heterocycles. The van der Waals surface area contributed by atoms with Gasteiger partial charge in [0.2, 0.25) is 5.91 Å². The summed E-state index contributed by atoms with van der Waals surface area (Å²) in [4.78, 5) is 23.3. The number of rotatable bonds is 3. The third kappa shape index (κ3) is 3.16. The Morgan fingerprint density at radius 3 is 2.52 bits per heavy atom. The number of nitrogens with zero attached hydrogens (tertiary/aromatic N) is 1. The van der Waals surface area contributed by atoms with Crippen LogP contribution in [0, 0.1) is 27.9 Å². The second-order valence-corrected chi connectivity index (χ2v) is 10.2. The molecule has 1 amide bonds. The van der Waals surface area contributed by atoms with E-state index in [9.17, 15) is 14.9 Å². The van der Waals surface area contributed by atoms with Gasteiger partial charge in [-0.1, -0.05) is 12.5 Å². The smallest absolute Gasteiger partial charge is 0.271 e. The number of hydrogen-bond donors (Lipinski definition) is 1. The van der Waals surface area contributed by atoms with E-state index in [1.807, 2.05) is 0 Å². The minimum absolute atomic E-state index is 0.0102. The molecule has 7 heteroatoms. The van der Waals surface area contributed by atoms with E-state index < -0.39 is 4.92 Å². The van der Waals surface area contributed by atoms with Crippen molar-refractivity contribution in [1.29, 1.82) is 0 Å². The number of benzene rings is 1. The Hall–Kier alpha value is -1.21. The summed E-state index contributed by atoms with van der Waals surface area (Å²) >= 11 is 4.27. The van der Waals surface area contributed by atoms with Gasteiger partial charge in [0, 0.05) is 35.2 Å². The third-order valence-corrected chi connectivity index (χ3v) is 9.83. The van der Waals surface area contributed by atoms with Crippen LogP contribution in [0.2, 0.25) is 0 Å². The van der Waals surface area contributed by atoms with Gasteiger partial charge in [0.15, 0.2) is 0 Å². The third-order valence-electron chi connectivity index (χ3n) is 5.82. The van der Waals surface area contributed by atoms with Crippen LogP contribution in [0.25, 0.3) is 0 Å². The minimum atomic E-state index is -0.432. The van der Waals surface area contributed by atoms with Crippen molar-refractivity contribution in [3.8, 4) is 0 Å². The first-order valence-electron chi connectivity index (χ1n) is 8.92. The fourth-order valence-electron chi connectivity index (χ4n) is 4.76. The summed E-state index contributed by atoms with van der Waals surface area (Å²) < 4.78 is 0.362. The second-order valence-electron chi connectivity index (χ2n) is 7.21. The summed E-state index contributed by atoms with van der Waals surface area (Å²) in [5, 5.41) is 13.8. The number of anilines is 1. The largest absolute Gasteiger partial charge is 0.326 e. The molecule has 4 rings (SSSR count). The van der Waals surface area contributed by atoms with Crippen LogP contribution in [0.15, 0.2) is 24.3 Å². The number of carbonyl (C=O) groups excluding carboxylic acids is 1. The van der Waals surface area contributed by atoms with E-state index in [1.54, 1.807) is 12.1 Å². The lowest BCUT2D eigenvalue weighted by Gasteiger charge is -2.52. The number of thioether (sulfide) groups is 2. The first kappa shape index (κ1) is 17.2. The van der Waals surface area contributed by atoms with Crippen LogP contribution in [-0.2, 0) is 4.79 Å². The van der Waals surface area contributed by atoms with Crippen molar-refractivity contribution in [2.45, 2.75) is 36.2 Å². The second kappa shape index (κ2) is 6.83. The van der Waals surface area contributed by atoms with Gasteiger partial charge in [-0.2, -0.15) is 0 Å². The Balaban J connectivity index is 1.47. The summed E-state index contributed by atoms with van der Waals surface area (Å²) in [6.07, 6.45) is 5.67. The van der Waals surface area contributed by atoms with Crippen LogP contribution in [0.1, 0.15) is 32.1 Å². The molecule has 1 spiro atoms. The Kier molecular flexibility index (Phi) is 4.71. The highest BCUT2D eigenvalue weighted by Gasteiger charge is 2.55. The van der Waals surface area contributed by atoms with E-state index in [0.717, 1.165) is 12.8 Å². The quantitative estimate of drug-likeness (QED) is 0.618. The van der Waals surface area contributed by atoms with Gasteiger partial charge in [-0.25, -0.2) is 0 Å². The zero-order chi connectivity index (χ0) is 17.4. The molecule has 1 N–H and O–H groups in total. The Bertz CT molecular complexity index is 675. The molecule has 2 unspecified atom stereocenters. The zero-order valence-electron chi connectivity index (χ0n) is 14.0. The molecular formula is C18H22N2O3S2. The molecule has 1 saturated heterocycles. The number of non-ortho nitro benzene ring substituents is 1. The van der Waals surface area contributed by atoms with Crippen LogP contribution >= 0.6 is 23.5 Å². The lowest BCUT2D eigenvalue weighted by molar-refractivity contribution is -0.384. The van der Waals surface area contributed by atoms with E-state index in [2.05, 4.69) is 28.8 Å². The molecule has 2 aliphatic carbocycles. The SMILES string of the molecule is O=C(Nc1cccc([N+](=O)[O-])c1)C1CC2CCCC(C1)C21SCCS1. The van der Waals surface area contributed by atoms with Crippen molar-refractivity contribution >= 4 is 40.8 Å². The number of carbonyl (C=O) groups is 1. The van der Waals surface area contributed by atoms with Crippen molar-refractivity contribution in [3.05, 3.63) is 34.4 Å². The highest BCUT2D eigenvalue weighted by molar-refractivity contribution is 8.21.